The van der Waals surface area contributed by atoms with Crippen LogP contribution in [0, 0.1) is 0 Å². The van der Waals surface area contributed by atoms with Crippen molar-refractivity contribution in [2.24, 2.45) is 0 Å². The zero-order valence-electron chi connectivity index (χ0n) is 9.31. The molecule has 0 bridgehead atoms. The van der Waals surface area contributed by atoms with Crippen LogP contribution in [0.15, 0.2) is 0 Å². The maximum Gasteiger partial charge on any atom is 0.211 e. The number of nitrogens with zero attached hydrogens (tertiary/aromatic N) is 3. The van der Waals surface area contributed by atoms with E-state index in [2.05, 4.69) is 5.10 Å². The number of rotatable bonds is 1. The molecular formula is C10H15N3O2S. The van der Waals surface area contributed by atoms with Crippen LogP contribution in [0.25, 0.3) is 0 Å². The summed E-state index contributed by atoms with van der Waals surface area (Å²) in [5.41, 5.74) is 3.60. The molecule has 0 unspecified atom stereocenters. The number of aryl methyl sites for hydroxylation is 1. The number of sulfonamides is 1. The monoisotopic (exact) mass is 241 g/mol. The van der Waals surface area contributed by atoms with Crippen LogP contribution in [0.4, 0.5) is 0 Å². The van der Waals surface area contributed by atoms with Crippen molar-refractivity contribution < 1.29 is 8.42 Å². The number of fused-ring (bicyclic) bond motifs is 3. The predicted molar refractivity (Wildman–Crippen MR) is 59.5 cm³/mol. The van der Waals surface area contributed by atoms with Gasteiger partial charge in [0.2, 0.25) is 10.0 Å². The lowest BCUT2D eigenvalue weighted by atomic mass is 10.2. The highest BCUT2D eigenvalue weighted by atomic mass is 32.2. The Balaban J connectivity index is 1.99. The molecule has 6 heteroatoms. The van der Waals surface area contributed by atoms with Gasteiger partial charge in [0.15, 0.2) is 0 Å². The lowest BCUT2D eigenvalue weighted by molar-refractivity contribution is 0.326. The molecule has 0 saturated carbocycles. The second-order valence-corrected chi connectivity index (χ2v) is 6.53. The number of aromatic nitrogens is 2. The molecule has 1 aliphatic carbocycles. The van der Waals surface area contributed by atoms with E-state index in [0.717, 1.165) is 25.0 Å². The number of hydrogen-bond acceptors (Lipinski definition) is 3. The van der Waals surface area contributed by atoms with Crippen molar-refractivity contribution in [1.29, 1.82) is 0 Å². The standard InChI is InChI=1S/C10H15N3O2S/c1-16(14,15)12-5-6-13-10(7-12)8-3-2-4-9(8)11-13/h2-7H2,1H3. The Morgan fingerprint density at radius 1 is 1.25 bits per heavy atom. The molecular weight excluding hydrogens is 226 g/mol. The minimum absolute atomic E-state index is 0.501. The van der Waals surface area contributed by atoms with Gasteiger partial charge in [-0.05, 0) is 24.8 Å². The summed E-state index contributed by atoms with van der Waals surface area (Å²) in [6.45, 7) is 1.74. The largest absolute Gasteiger partial charge is 0.266 e. The molecule has 0 aromatic carbocycles. The second-order valence-electron chi connectivity index (χ2n) is 4.55. The maximum atomic E-state index is 11.5. The van der Waals surface area contributed by atoms with E-state index in [1.807, 2.05) is 4.68 Å². The van der Waals surface area contributed by atoms with Gasteiger partial charge in [-0.25, -0.2) is 8.42 Å². The first-order valence-corrected chi connectivity index (χ1v) is 7.43. The third-order valence-electron chi connectivity index (χ3n) is 3.45. The van der Waals surface area contributed by atoms with E-state index in [1.54, 1.807) is 4.31 Å². The highest BCUT2D eigenvalue weighted by Gasteiger charge is 2.29. The maximum absolute atomic E-state index is 11.5. The molecule has 1 aromatic heterocycles. The smallest absolute Gasteiger partial charge is 0.211 e. The minimum Gasteiger partial charge on any atom is -0.266 e. The summed E-state index contributed by atoms with van der Waals surface area (Å²) in [5.74, 6) is 0. The lowest BCUT2D eigenvalue weighted by Gasteiger charge is -2.26. The first-order valence-electron chi connectivity index (χ1n) is 5.58. The first-order chi connectivity index (χ1) is 7.55. The van der Waals surface area contributed by atoms with Gasteiger partial charge >= 0.3 is 0 Å². The van der Waals surface area contributed by atoms with Crippen LogP contribution in [0.5, 0.6) is 0 Å². The molecule has 2 aliphatic rings. The fraction of sp³-hybridized carbons (Fsp3) is 0.700. The molecule has 0 fully saturated rings. The average Bonchev–Trinajstić information content (AvgIpc) is 2.74. The SMILES string of the molecule is CS(=O)(=O)N1CCn2nc3c(c2C1)CCC3. The van der Waals surface area contributed by atoms with Gasteiger partial charge < -0.3 is 0 Å². The third-order valence-corrected chi connectivity index (χ3v) is 4.70. The van der Waals surface area contributed by atoms with Gasteiger partial charge in [0.25, 0.3) is 0 Å². The van der Waals surface area contributed by atoms with Crippen molar-refractivity contribution in [3.8, 4) is 0 Å². The van der Waals surface area contributed by atoms with Crippen LogP contribution < -0.4 is 0 Å². The average molecular weight is 241 g/mol. The highest BCUT2D eigenvalue weighted by Crippen LogP contribution is 2.28. The minimum atomic E-state index is -3.07. The van der Waals surface area contributed by atoms with Gasteiger partial charge in [-0.1, -0.05) is 0 Å². The Hall–Kier alpha value is -0.880. The normalized spacial score (nSPS) is 20.8. The Labute approximate surface area is 95.1 Å². The van der Waals surface area contributed by atoms with Gasteiger partial charge in [-0.3, -0.25) is 4.68 Å². The molecule has 0 N–H and O–H groups in total. The van der Waals surface area contributed by atoms with Crippen LogP contribution in [-0.2, 0) is 36.0 Å². The van der Waals surface area contributed by atoms with Crippen molar-refractivity contribution >= 4 is 10.0 Å². The molecule has 0 amide bonds. The van der Waals surface area contributed by atoms with Crippen LogP contribution >= 0.6 is 0 Å². The molecule has 88 valence electrons. The molecule has 0 radical (unpaired) electrons. The van der Waals surface area contributed by atoms with Crippen molar-refractivity contribution in [2.75, 3.05) is 12.8 Å². The van der Waals surface area contributed by atoms with Crippen LogP contribution in [0.1, 0.15) is 23.4 Å². The second kappa shape index (κ2) is 3.30. The van der Waals surface area contributed by atoms with Crippen molar-refractivity contribution in [2.45, 2.75) is 32.4 Å². The topological polar surface area (TPSA) is 55.2 Å². The van der Waals surface area contributed by atoms with E-state index in [4.69, 9.17) is 0 Å². The summed E-state index contributed by atoms with van der Waals surface area (Å²) >= 11 is 0. The summed E-state index contributed by atoms with van der Waals surface area (Å²) in [4.78, 5) is 0. The highest BCUT2D eigenvalue weighted by molar-refractivity contribution is 7.88. The van der Waals surface area contributed by atoms with E-state index in [-0.39, 0.29) is 0 Å². The third kappa shape index (κ3) is 1.48. The quantitative estimate of drug-likeness (QED) is 0.703. The van der Waals surface area contributed by atoms with Gasteiger partial charge in [-0.15, -0.1) is 0 Å². The summed E-state index contributed by atoms with van der Waals surface area (Å²) in [7, 11) is -3.07. The summed E-state index contributed by atoms with van der Waals surface area (Å²) in [6.07, 6.45) is 4.54. The molecule has 0 spiro atoms. The summed E-state index contributed by atoms with van der Waals surface area (Å²) in [5, 5.41) is 4.54. The predicted octanol–water partition coefficient (Wildman–Crippen LogP) is 0.147. The van der Waals surface area contributed by atoms with Crippen LogP contribution in [0.2, 0.25) is 0 Å². The molecule has 3 rings (SSSR count). The fourth-order valence-electron chi connectivity index (χ4n) is 2.61. The lowest BCUT2D eigenvalue weighted by Crippen LogP contribution is -2.38. The molecule has 1 aromatic rings. The van der Waals surface area contributed by atoms with Gasteiger partial charge in [0, 0.05) is 6.54 Å². The van der Waals surface area contributed by atoms with Gasteiger partial charge in [-0.2, -0.15) is 9.40 Å². The summed E-state index contributed by atoms with van der Waals surface area (Å²) < 4.78 is 26.6. The van der Waals surface area contributed by atoms with Crippen molar-refractivity contribution in [1.82, 2.24) is 14.1 Å². The number of hydrogen-bond donors (Lipinski definition) is 0. The zero-order valence-corrected chi connectivity index (χ0v) is 10.1. The summed E-state index contributed by atoms with van der Waals surface area (Å²) in [6, 6.07) is 0. The van der Waals surface area contributed by atoms with Crippen molar-refractivity contribution in [3.63, 3.8) is 0 Å². The Kier molecular flexibility index (Phi) is 2.12. The van der Waals surface area contributed by atoms with E-state index >= 15 is 0 Å². The van der Waals surface area contributed by atoms with Crippen LogP contribution in [-0.4, -0.2) is 35.3 Å². The van der Waals surface area contributed by atoms with E-state index in [1.165, 1.54) is 17.5 Å². The molecule has 0 saturated heterocycles. The molecule has 1 aliphatic heterocycles. The molecule has 2 heterocycles. The van der Waals surface area contributed by atoms with Crippen molar-refractivity contribution in [3.05, 3.63) is 17.0 Å². The molecule has 16 heavy (non-hydrogen) atoms. The van der Waals surface area contributed by atoms with Gasteiger partial charge in [0.1, 0.15) is 0 Å². The fourth-order valence-corrected chi connectivity index (χ4v) is 3.38. The first kappa shape index (κ1) is 10.3. The molecule has 0 atom stereocenters. The van der Waals surface area contributed by atoms with E-state index in [9.17, 15) is 8.42 Å². The van der Waals surface area contributed by atoms with E-state index in [0.29, 0.717) is 19.6 Å². The van der Waals surface area contributed by atoms with Gasteiger partial charge in [0.05, 0.1) is 30.7 Å². The zero-order chi connectivity index (χ0) is 11.3. The van der Waals surface area contributed by atoms with E-state index < -0.39 is 10.0 Å². The van der Waals surface area contributed by atoms with Crippen LogP contribution in [0.3, 0.4) is 0 Å². The Bertz CT molecular complexity index is 533. The molecule has 5 nitrogen and oxygen atoms in total. The Morgan fingerprint density at radius 3 is 2.81 bits per heavy atom. The Morgan fingerprint density at radius 2 is 2.06 bits per heavy atom.